The quantitative estimate of drug-likeness (QED) is 0.785. The molecule has 1 fully saturated rings. The number of hydrogen-bond acceptors (Lipinski definition) is 2. The number of rotatable bonds is 3. The van der Waals surface area contributed by atoms with Crippen molar-refractivity contribution in [2.24, 2.45) is 0 Å². The Hall–Kier alpha value is -2.33. The number of aromatic amines is 1. The third-order valence-corrected chi connectivity index (χ3v) is 5.60. The van der Waals surface area contributed by atoms with Crippen LogP contribution in [0.15, 0.2) is 53.3 Å². The molecule has 1 aliphatic rings. The predicted molar refractivity (Wildman–Crippen MR) is 102 cm³/mol. The van der Waals surface area contributed by atoms with Crippen LogP contribution in [0.4, 0.5) is 0 Å². The van der Waals surface area contributed by atoms with Gasteiger partial charge in [0, 0.05) is 25.2 Å². The Kier molecular flexibility index (Phi) is 4.22. The highest BCUT2D eigenvalue weighted by atomic mass is 16.1. The number of imidazole rings is 1. The molecule has 0 aliphatic carbocycles. The van der Waals surface area contributed by atoms with Gasteiger partial charge in [-0.2, -0.15) is 0 Å². The molecule has 1 unspecified atom stereocenters. The van der Waals surface area contributed by atoms with Crippen molar-refractivity contribution in [3.63, 3.8) is 0 Å². The SMILES string of the molecule is Cc1ccc(C(C)N2CCC(n3c(=O)[nH]c4ccccc43)CC2)cc1. The van der Waals surface area contributed by atoms with Crippen molar-refractivity contribution in [1.29, 1.82) is 0 Å². The van der Waals surface area contributed by atoms with Crippen LogP contribution < -0.4 is 5.69 Å². The van der Waals surface area contributed by atoms with Crippen LogP contribution in [0.2, 0.25) is 0 Å². The molecule has 0 spiro atoms. The molecule has 2 heterocycles. The topological polar surface area (TPSA) is 41.0 Å². The van der Waals surface area contributed by atoms with E-state index in [0.29, 0.717) is 6.04 Å². The van der Waals surface area contributed by atoms with Crippen molar-refractivity contribution >= 4 is 11.0 Å². The van der Waals surface area contributed by atoms with Crippen LogP contribution in [0.5, 0.6) is 0 Å². The molecule has 4 rings (SSSR count). The van der Waals surface area contributed by atoms with Gasteiger partial charge >= 0.3 is 5.69 Å². The fourth-order valence-corrected chi connectivity index (χ4v) is 4.02. The molecule has 4 nitrogen and oxygen atoms in total. The minimum Gasteiger partial charge on any atom is -0.306 e. The van der Waals surface area contributed by atoms with Crippen LogP contribution in [0.1, 0.15) is 43.0 Å². The van der Waals surface area contributed by atoms with Gasteiger partial charge in [0.25, 0.3) is 0 Å². The second kappa shape index (κ2) is 6.52. The fraction of sp³-hybridized carbons (Fsp3) is 0.381. The van der Waals surface area contributed by atoms with Gasteiger partial charge in [-0.3, -0.25) is 9.47 Å². The van der Waals surface area contributed by atoms with Crippen LogP contribution in [-0.4, -0.2) is 27.5 Å². The van der Waals surface area contributed by atoms with Crippen LogP contribution in [0.25, 0.3) is 11.0 Å². The van der Waals surface area contributed by atoms with E-state index >= 15 is 0 Å². The van der Waals surface area contributed by atoms with Crippen molar-refractivity contribution in [1.82, 2.24) is 14.5 Å². The number of aryl methyl sites for hydroxylation is 1. The minimum atomic E-state index is 0.0197. The fourth-order valence-electron chi connectivity index (χ4n) is 4.02. The first-order chi connectivity index (χ1) is 12.1. The van der Waals surface area contributed by atoms with Crippen LogP contribution in [-0.2, 0) is 0 Å². The monoisotopic (exact) mass is 335 g/mol. The van der Waals surface area contributed by atoms with E-state index in [2.05, 4.69) is 48.0 Å². The maximum atomic E-state index is 12.4. The van der Waals surface area contributed by atoms with E-state index in [-0.39, 0.29) is 11.7 Å². The number of aromatic nitrogens is 2. The average molecular weight is 335 g/mol. The zero-order chi connectivity index (χ0) is 17.4. The van der Waals surface area contributed by atoms with E-state index in [1.807, 2.05) is 28.8 Å². The van der Waals surface area contributed by atoms with Crippen LogP contribution in [0, 0.1) is 6.92 Å². The van der Waals surface area contributed by atoms with Gasteiger partial charge in [0.15, 0.2) is 0 Å². The summed E-state index contributed by atoms with van der Waals surface area (Å²) >= 11 is 0. The van der Waals surface area contributed by atoms with Gasteiger partial charge in [-0.15, -0.1) is 0 Å². The Morgan fingerprint density at radius 2 is 1.72 bits per heavy atom. The smallest absolute Gasteiger partial charge is 0.306 e. The van der Waals surface area contributed by atoms with Gasteiger partial charge in [-0.1, -0.05) is 42.0 Å². The summed E-state index contributed by atoms with van der Waals surface area (Å²) in [5.41, 5.74) is 4.65. The molecular formula is C21H25N3O. The Labute approximate surface area is 148 Å². The van der Waals surface area contributed by atoms with Crippen molar-refractivity contribution in [3.05, 3.63) is 70.1 Å². The lowest BCUT2D eigenvalue weighted by Gasteiger charge is -2.36. The Morgan fingerprint density at radius 1 is 1.04 bits per heavy atom. The summed E-state index contributed by atoms with van der Waals surface area (Å²) in [6.07, 6.45) is 2.02. The van der Waals surface area contributed by atoms with E-state index < -0.39 is 0 Å². The lowest BCUT2D eigenvalue weighted by atomic mass is 9.99. The zero-order valence-corrected chi connectivity index (χ0v) is 14.9. The number of likely N-dealkylation sites (tertiary alicyclic amines) is 1. The summed E-state index contributed by atoms with van der Waals surface area (Å²) in [5.74, 6) is 0. The van der Waals surface area contributed by atoms with E-state index in [1.165, 1.54) is 11.1 Å². The summed E-state index contributed by atoms with van der Waals surface area (Å²) in [6.45, 7) is 6.44. The first kappa shape index (κ1) is 16.2. The van der Waals surface area contributed by atoms with Gasteiger partial charge in [0.2, 0.25) is 0 Å². The van der Waals surface area contributed by atoms with Crippen molar-refractivity contribution in [3.8, 4) is 0 Å². The standard InChI is InChI=1S/C21H25N3O/c1-15-7-9-17(10-8-15)16(2)23-13-11-18(12-14-23)24-20-6-4-3-5-19(20)22-21(24)25/h3-10,16,18H,11-14H2,1-2H3,(H,22,25). The van der Waals surface area contributed by atoms with Gasteiger partial charge in [-0.25, -0.2) is 4.79 Å². The highest BCUT2D eigenvalue weighted by Crippen LogP contribution is 2.30. The average Bonchev–Trinajstić information content (AvgIpc) is 2.97. The molecule has 0 bridgehead atoms. The van der Waals surface area contributed by atoms with Crippen molar-refractivity contribution in [2.45, 2.75) is 38.8 Å². The van der Waals surface area contributed by atoms with Gasteiger partial charge in [0.1, 0.15) is 0 Å². The number of piperidine rings is 1. The molecule has 1 saturated heterocycles. The van der Waals surface area contributed by atoms with Gasteiger partial charge in [-0.05, 0) is 44.4 Å². The third-order valence-electron chi connectivity index (χ3n) is 5.60. The molecule has 0 amide bonds. The first-order valence-corrected chi connectivity index (χ1v) is 9.13. The summed E-state index contributed by atoms with van der Waals surface area (Å²) in [4.78, 5) is 17.9. The summed E-state index contributed by atoms with van der Waals surface area (Å²) in [7, 11) is 0. The largest absolute Gasteiger partial charge is 0.326 e. The molecule has 4 heteroatoms. The highest BCUT2D eigenvalue weighted by Gasteiger charge is 2.26. The van der Waals surface area contributed by atoms with Crippen LogP contribution >= 0.6 is 0 Å². The number of para-hydroxylation sites is 2. The van der Waals surface area contributed by atoms with Crippen molar-refractivity contribution < 1.29 is 0 Å². The molecule has 0 radical (unpaired) electrons. The predicted octanol–water partition coefficient (Wildman–Crippen LogP) is 4.04. The number of hydrogen-bond donors (Lipinski definition) is 1. The van der Waals surface area contributed by atoms with Gasteiger partial charge < -0.3 is 4.98 Å². The molecule has 1 N–H and O–H groups in total. The number of benzene rings is 2. The Morgan fingerprint density at radius 3 is 2.44 bits per heavy atom. The maximum Gasteiger partial charge on any atom is 0.326 e. The summed E-state index contributed by atoms with van der Waals surface area (Å²) in [6, 6.07) is 17.5. The van der Waals surface area contributed by atoms with Crippen molar-refractivity contribution in [2.75, 3.05) is 13.1 Å². The second-order valence-electron chi connectivity index (χ2n) is 7.17. The van der Waals surface area contributed by atoms with Gasteiger partial charge in [0.05, 0.1) is 11.0 Å². The van der Waals surface area contributed by atoms with E-state index in [1.54, 1.807) is 0 Å². The van der Waals surface area contributed by atoms with E-state index in [4.69, 9.17) is 0 Å². The molecule has 1 aromatic heterocycles. The normalized spacial score (nSPS) is 17.8. The summed E-state index contributed by atoms with van der Waals surface area (Å²) in [5, 5.41) is 0. The third kappa shape index (κ3) is 3.02. The lowest BCUT2D eigenvalue weighted by molar-refractivity contribution is 0.144. The molecule has 1 atom stereocenters. The minimum absolute atomic E-state index is 0.0197. The maximum absolute atomic E-state index is 12.4. The zero-order valence-electron chi connectivity index (χ0n) is 14.9. The Bertz CT molecular complexity index is 914. The number of nitrogens with zero attached hydrogens (tertiary/aromatic N) is 2. The summed E-state index contributed by atoms with van der Waals surface area (Å²) < 4.78 is 1.96. The molecule has 0 saturated carbocycles. The van der Waals surface area contributed by atoms with E-state index in [0.717, 1.165) is 37.0 Å². The second-order valence-corrected chi connectivity index (χ2v) is 7.17. The number of fused-ring (bicyclic) bond motifs is 1. The highest BCUT2D eigenvalue weighted by molar-refractivity contribution is 5.75. The Balaban J connectivity index is 1.50. The molecular weight excluding hydrogens is 310 g/mol. The first-order valence-electron chi connectivity index (χ1n) is 9.13. The molecule has 3 aromatic rings. The molecule has 2 aromatic carbocycles. The number of H-pyrrole nitrogens is 1. The van der Waals surface area contributed by atoms with Crippen LogP contribution in [0.3, 0.4) is 0 Å². The molecule has 25 heavy (non-hydrogen) atoms. The van der Waals surface area contributed by atoms with E-state index in [9.17, 15) is 4.79 Å². The molecule has 130 valence electrons. The lowest BCUT2D eigenvalue weighted by Crippen LogP contribution is -2.38. The molecule has 1 aliphatic heterocycles. The number of nitrogens with one attached hydrogen (secondary N) is 1.